The van der Waals surface area contributed by atoms with Crippen molar-refractivity contribution in [1.29, 1.82) is 0 Å². The van der Waals surface area contributed by atoms with Crippen molar-refractivity contribution >= 4 is 35.2 Å². The van der Waals surface area contributed by atoms with Crippen molar-refractivity contribution in [2.75, 3.05) is 16.3 Å². The van der Waals surface area contributed by atoms with Gasteiger partial charge in [-0.15, -0.1) is 0 Å². The minimum Gasteiger partial charge on any atom is -0.478 e. The number of fused-ring (bicyclic) bond motifs is 1. The molecule has 0 bridgehead atoms. The number of carbonyl (C=O) groups is 3. The average Bonchev–Trinajstić information content (AvgIpc) is 2.80. The summed E-state index contributed by atoms with van der Waals surface area (Å²) in [5.74, 6) is -1.72. The molecule has 0 aromatic heterocycles. The van der Waals surface area contributed by atoms with Crippen molar-refractivity contribution in [3.05, 3.63) is 102 Å². The van der Waals surface area contributed by atoms with E-state index < -0.39 is 5.97 Å². The largest absolute Gasteiger partial charge is 0.478 e. The Kier molecular flexibility index (Phi) is 5.62. The molecule has 0 aliphatic carbocycles. The molecule has 0 saturated heterocycles. The van der Waals surface area contributed by atoms with Crippen LogP contribution in [-0.2, 0) is 16.1 Å². The molecule has 6 heteroatoms. The molecule has 3 aromatic carbocycles. The SMILES string of the molecule is O=C(O)c1ccc2c(c1)N(C(=O)/C=C/c1ccccc1)CC(=O)N2Cc1ccccc1. The molecule has 0 unspecified atom stereocenters. The first-order valence-corrected chi connectivity index (χ1v) is 9.79. The Balaban J connectivity index is 1.70. The Morgan fingerprint density at radius 2 is 1.58 bits per heavy atom. The molecule has 4 rings (SSSR count). The Morgan fingerprint density at radius 1 is 0.903 bits per heavy atom. The minimum absolute atomic E-state index is 0.0533. The highest BCUT2D eigenvalue weighted by molar-refractivity contribution is 6.15. The van der Waals surface area contributed by atoms with Crippen molar-refractivity contribution in [2.24, 2.45) is 0 Å². The zero-order valence-corrected chi connectivity index (χ0v) is 16.6. The van der Waals surface area contributed by atoms with E-state index >= 15 is 0 Å². The van der Waals surface area contributed by atoms with Gasteiger partial charge in [0.2, 0.25) is 5.91 Å². The fourth-order valence-electron chi connectivity index (χ4n) is 3.50. The summed E-state index contributed by atoms with van der Waals surface area (Å²) in [5, 5.41) is 9.42. The van der Waals surface area contributed by atoms with E-state index in [9.17, 15) is 19.5 Å². The van der Waals surface area contributed by atoms with Gasteiger partial charge in [-0.1, -0.05) is 60.7 Å². The van der Waals surface area contributed by atoms with Gasteiger partial charge in [-0.2, -0.15) is 0 Å². The molecule has 1 aliphatic heterocycles. The van der Waals surface area contributed by atoms with Crippen molar-refractivity contribution in [1.82, 2.24) is 0 Å². The van der Waals surface area contributed by atoms with Crippen LogP contribution in [0.1, 0.15) is 21.5 Å². The molecule has 6 nitrogen and oxygen atoms in total. The van der Waals surface area contributed by atoms with Gasteiger partial charge < -0.3 is 10.0 Å². The second-order valence-electron chi connectivity index (χ2n) is 7.14. The summed E-state index contributed by atoms with van der Waals surface area (Å²) in [5.41, 5.74) is 2.75. The van der Waals surface area contributed by atoms with E-state index in [1.54, 1.807) is 17.0 Å². The smallest absolute Gasteiger partial charge is 0.335 e. The number of benzene rings is 3. The Morgan fingerprint density at radius 3 is 2.26 bits per heavy atom. The summed E-state index contributed by atoms with van der Waals surface area (Å²) in [7, 11) is 0. The van der Waals surface area contributed by atoms with Crippen molar-refractivity contribution in [3.8, 4) is 0 Å². The van der Waals surface area contributed by atoms with Crippen molar-refractivity contribution in [3.63, 3.8) is 0 Å². The van der Waals surface area contributed by atoms with Crippen LogP contribution < -0.4 is 9.80 Å². The number of rotatable bonds is 5. The van der Waals surface area contributed by atoms with Gasteiger partial charge in [0.25, 0.3) is 5.91 Å². The second kappa shape index (κ2) is 8.67. The highest BCUT2D eigenvalue weighted by Crippen LogP contribution is 2.36. The highest BCUT2D eigenvalue weighted by atomic mass is 16.4. The Hall–Kier alpha value is -4.19. The van der Waals surface area contributed by atoms with Crippen LogP contribution in [0.2, 0.25) is 0 Å². The molecule has 31 heavy (non-hydrogen) atoms. The fraction of sp³-hybridized carbons (Fsp3) is 0.0800. The number of carbonyl (C=O) groups excluding carboxylic acids is 2. The lowest BCUT2D eigenvalue weighted by Crippen LogP contribution is -2.47. The second-order valence-corrected chi connectivity index (χ2v) is 7.14. The Bertz CT molecular complexity index is 1160. The number of amides is 2. The van der Waals surface area contributed by atoms with Crippen molar-refractivity contribution in [2.45, 2.75) is 6.54 Å². The van der Waals surface area contributed by atoms with Gasteiger partial charge in [-0.05, 0) is 35.4 Å². The van der Waals surface area contributed by atoms with Crippen LogP contribution in [0, 0.1) is 0 Å². The topological polar surface area (TPSA) is 77.9 Å². The third kappa shape index (κ3) is 4.38. The monoisotopic (exact) mass is 412 g/mol. The zero-order valence-electron chi connectivity index (χ0n) is 16.6. The Labute approximate surface area is 179 Å². The molecule has 0 spiro atoms. The number of anilines is 2. The van der Waals surface area contributed by atoms with Gasteiger partial charge in [-0.25, -0.2) is 4.79 Å². The first kappa shape index (κ1) is 20.1. The van der Waals surface area contributed by atoms with Crippen LogP contribution >= 0.6 is 0 Å². The highest BCUT2D eigenvalue weighted by Gasteiger charge is 2.32. The standard InChI is InChI=1S/C25H20N2O4/c28-23(14-11-18-7-3-1-4-8-18)27-17-24(29)26(16-19-9-5-2-6-10-19)21-13-12-20(25(30)31)15-22(21)27/h1-15H,16-17H2,(H,30,31)/b14-11+. The van der Waals surface area contributed by atoms with E-state index in [0.29, 0.717) is 17.9 Å². The maximum atomic E-state index is 13.0. The zero-order chi connectivity index (χ0) is 21.8. The van der Waals surface area contributed by atoms with E-state index in [1.165, 1.54) is 23.1 Å². The molecule has 3 aromatic rings. The molecular formula is C25H20N2O4. The number of nitrogens with zero attached hydrogens (tertiary/aromatic N) is 2. The van der Waals surface area contributed by atoms with Crippen molar-refractivity contribution < 1.29 is 19.5 Å². The van der Waals surface area contributed by atoms with Crippen LogP contribution in [0.3, 0.4) is 0 Å². The maximum Gasteiger partial charge on any atom is 0.335 e. The first-order chi connectivity index (χ1) is 15.0. The molecule has 0 radical (unpaired) electrons. The third-order valence-corrected chi connectivity index (χ3v) is 5.07. The van der Waals surface area contributed by atoms with Gasteiger partial charge in [0, 0.05) is 6.08 Å². The summed E-state index contributed by atoms with van der Waals surface area (Å²) in [6.07, 6.45) is 3.07. The van der Waals surface area contributed by atoms with Crippen LogP contribution in [0.4, 0.5) is 11.4 Å². The maximum absolute atomic E-state index is 13.0. The molecule has 1 heterocycles. The first-order valence-electron chi connectivity index (χ1n) is 9.79. The molecule has 1 N–H and O–H groups in total. The normalized spacial score (nSPS) is 13.4. The van der Waals surface area contributed by atoms with Gasteiger partial charge >= 0.3 is 5.97 Å². The quantitative estimate of drug-likeness (QED) is 0.643. The molecule has 154 valence electrons. The lowest BCUT2D eigenvalue weighted by Gasteiger charge is -2.36. The minimum atomic E-state index is -1.10. The molecule has 0 saturated carbocycles. The number of aromatic carboxylic acids is 1. The fourth-order valence-corrected chi connectivity index (χ4v) is 3.50. The summed E-state index contributed by atoms with van der Waals surface area (Å²) in [4.78, 5) is 40.3. The van der Waals surface area contributed by atoms with Crippen LogP contribution in [0.25, 0.3) is 6.08 Å². The van der Waals surface area contributed by atoms with E-state index in [2.05, 4.69) is 0 Å². The molecule has 0 atom stereocenters. The number of hydrogen-bond acceptors (Lipinski definition) is 3. The number of hydrogen-bond donors (Lipinski definition) is 1. The average molecular weight is 412 g/mol. The summed E-state index contributed by atoms with van der Waals surface area (Å²) in [6, 6.07) is 23.3. The van der Waals surface area contributed by atoms with E-state index in [4.69, 9.17) is 0 Å². The lowest BCUT2D eigenvalue weighted by molar-refractivity contribution is -0.120. The molecule has 1 aliphatic rings. The summed E-state index contributed by atoms with van der Waals surface area (Å²) < 4.78 is 0. The van der Waals surface area contributed by atoms with Gasteiger partial charge in [0.15, 0.2) is 0 Å². The predicted octanol–water partition coefficient (Wildman–Crippen LogP) is 3.98. The van der Waals surface area contributed by atoms with Crippen LogP contribution in [0.15, 0.2) is 84.9 Å². The van der Waals surface area contributed by atoms with Crippen LogP contribution in [0.5, 0.6) is 0 Å². The van der Waals surface area contributed by atoms with E-state index in [-0.39, 0.29) is 23.9 Å². The third-order valence-electron chi connectivity index (χ3n) is 5.07. The molecule has 2 amide bonds. The van der Waals surface area contributed by atoms with E-state index in [0.717, 1.165) is 11.1 Å². The lowest BCUT2D eigenvalue weighted by atomic mass is 10.1. The molecular weight excluding hydrogens is 392 g/mol. The van der Waals surface area contributed by atoms with E-state index in [1.807, 2.05) is 60.7 Å². The van der Waals surface area contributed by atoms with Gasteiger partial charge in [0.1, 0.15) is 6.54 Å². The number of carboxylic acids is 1. The number of carboxylic acid groups (broad SMARTS) is 1. The van der Waals surface area contributed by atoms with Gasteiger partial charge in [0.05, 0.1) is 23.5 Å². The molecule has 0 fully saturated rings. The summed E-state index contributed by atoms with van der Waals surface area (Å²) in [6.45, 7) is 0.168. The van der Waals surface area contributed by atoms with Gasteiger partial charge in [-0.3, -0.25) is 14.5 Å². The summed E-state index contributed by atoms with van der Waals surface area (Å²) >= 11 is 0. The predicted molar refractivity (Wildman–Crippen MR) is 119 cm³/mol. The van der Waals surface area contributed by atoms with Crippen LogP contribution in [-0.4, -0.2) is 29.4 Å².